The minimum atomic E-state index is 0.347. The van der Waals surface area contributed by atoms with Crippen molar-refractivity contribution in [3.63, 3.8) is 0 Å². The molecule has 1 aromatic heterocycles. The monoisotopic (exact) mass is 161 g/mol. The van der Waals surface area contributed by atoms with Crippen LogP contribution < -0.4 is 0 Å². The Morgan fingerprint density at radius 3 is 2.58 bits per heavy atom. The Balaban J connectivity index is 3.25. The molecule has 1 rings (SSSR count). The number of aromatic nitrogens is 2. The van der Waals surface area contributed by atoms with Gasteiger partial charge in [-0.2, -0.15) is 5.26 Å². The van der Waals surface area contributed by atoms with Gasteiger partial charge in [-0.25, -0.2) is 9.97 Å². The van der Waals surface area contributed by atoms with Gasteiger partial charge in [0.15, 0.2) is 0 Å². The van der Waals surface area contributed by atoms with Crippen LogP contribution in [0, 0.1) is 18.3 Å². The van der Waals surface area contributed by atoms with Crippen molar-refractivity contribution >= 4 is 0 Å². The predicted molar refractivity (Wildman–Crippen MR) is 45.6 cm³/mol. The zero-order valence-electron chi connectivity index (χ0n) is 7.50. The summed E-state index contributed by atoms with van der Waals surface area (Å²) in [5.74, 6) is 0.347. The van der Waals surface area contributed by atoms with Crippen molar-refractivity contribution in [1.29, 1.82) is 5.26 Å². The quantitative estimate of drug-likeness (QED) is 0.630. The molecule has 1 aromatic rings. The van der Waals surface area contributed by atoms with E-state index in [0.29, 0.717) is 11.6 Å². The molecule has 3 heteroatoms. The Bertz CT molecular complexity index is 323. The SMILES string of the molecule is Cc1c(C#N)ncnc1C(C)C. The van der Waals surface area contributed by atoms with E-state index in [1.807, 2.05) is 13.0 Å². The van der Waals surface area contributed by atoms with Crippen molar-refractivity contribution in [2.45, 2.75) is 26.7 Å². The van der Waals surface area contributed by atoms with Gasteiger partial charge in [0.25, 0.3) is 0 Å². The lowest BCUT2D eigenvalue weighted by molar-refractivity contribution is 0.798. The maximum Gasteiger partial charge on any atom is 0.147 e. The molecule has 0 N–H and O–H groups in total. The van der Waals surface area contributed by atoms with E-state index in [9.17, 15) is 0 Å². The second-order valence-corrected chi connectivity index (χ2v) is 3.00. The van der Waals surface area contributed by atoms with E-state index >= 15 is 0 Å². The van der Waals surface area contributed by atoms with Crippen molar-refractivity contribution < 1.29 is 0 Å². The molecule has 3 nitrogen and oxygen atoms in total. The smallest absolute Gasteiger partial charge is 0.147 e. The summed E-state index contributed by atoms with van der Waals surface area (Å²) in [5, 5.41) is 8.68. The zero-order valence-corrected chi connectivity index (χ0v) is 7.50. The van der Waals surface area contributed by atoms with Gasteiger partial charge in [0.1, 0.15) is 18.1 Å². The van der Waals surface area contributed by atoms with E-state index in [1.54, 1.807) is 0 Å². The molecule has 62 valence electrons. The average Bonchev–Trinajstić information content (AvgIpc) is 2.04. The van der Waals surface area contributed by atoms with Crippen molar-refractivity contribution in [3.8, 4) is 6.07 Å². The molecule has 0 bridgehead atoms. The molecule has 12 heavy (non-hydrogen) atoms. The molecule has 0 aliphatic heterocycles. The van der Waals surface area contributed by atoms with Crippen molar-refractivity contribution in [2.75, 3.05) is 0 Å². The summed E-state index contributed by atoms with van der Waals surface area (Å²) in [6.45, 7) is 5.99. The van der Waals surface area contributed by atoms with E-state index in [0.717, 1.165) is 11.3 Å². The van der Waals surface area contributed by atoms with Crippen LogP contribution in [0.5, 0.6) is 0 Å². The number of rotatable bonds is 1. The van der Waals surface area contributed by atoms with Gasteiger partial charge in [-0.3, -0.25) is 0 Å². The lowest BCUT2D eigenvalue weighted by Gasteiger charge is -2.07. The molecule has 0 unspecified atom stereocenters. The lowest BCUT2D eigenvalue weighted by Crippen LogP contribution is -2.00. The lowest BCUT2D eigenvalue weighted by atomic mass is 10.0. The average molecular weight is 161 g/mol. The summed E-state index contributed by atoms with van der Waals surface area (Å²) in [7, 11) is 0. The minimum absolute atomic E-state index is 0.347. The minimum Gasteiger partial charge on any atom is -0.241 e. The third kappa shape index (κ3) is 1.42. The molecule has 0 atom stereocenters. The number of hydrogen-bond acceptors (Lipinski definition) is 3. The highest BCUT2D eigenvalue weighted by Gasteiger charge is 2.08. The van der Waals surface area contributed by atoms with Crippen LogP contribution in [-0.2, 0) is 0 Å². The van der Waals surface area contributed by atoms with E-state index in [4.69, 9.17) is 5.26 Å². The van der Waals surface area contributed by atoms with Crippen molar-refractivity contribution in [1.82, 2.24) is 9.97 Å². The van der Waals surface area contributed by atoms with Gasteiger partial charge in [-0.1, -0.05) is 13.8 Å². The van der Waals surface area contributed by atoms with Crippen LogP contribution in [0.3, 0.4) is 0 Å². The Hall–Kier alpha value is -1.43. The van der Waals surface area contributed by atoms with Crippen molar-refractivity contribution in [2.24, 2.45) is 0 Å². The van der Waals surface area contributed by atoms with E-state index in [1.165, 1.54) is 6.33 Å². The second kappa shape index (κ2) is 3.31. The predicted octanol–water partition coefficient (Wildman–Crippen LogP) is 1.78. The van der Waals surface area contributed by atoms with Crippen molar-refractivity contribution in [3.05, 3.63) is 23.3 Å². The molecule has 0 aliphatic carbocycles. The molecular weight excluding hydrogens is 150 g/mol. The standard InChI is InChI=1S/C9H11N3/c1-6(2)9-7(3)8(4-10)11-5-12-9/h5-6H,1-3H3. The topological polar surface area (TPSA) is 49.6 Å². The van der Waals surface area contributed by atoms with Gasteiger partial charge in [0.05, 0.1) is 5.69 Å². The van der Waals surface area contributed by atoms with Gasteiger partial charge in [-0.15, -0.1) is 0 Å². The van der Waals surface area contributed by atoms with Crippen LogP contribution in [0.4, 0.5) is 0 Å². The second-order valence-electron chi connectivity index (χ2n) is 3.00. The van der Waals surface area contributed by atoms with Crippen LogP contribution in [0.25, 0.3) is 0 Å². The molecule has 0 radical (unpaired) electrons. The highest BCUT2D eigenvalue weighted by molar-refractivity contribution is 5.33. The van der Waals surface area contributed by atoms with Gasteiger partial charge >= 0.3 is 0 Å². The van der Waals surface area contributed by atoms with Crippen LogP contribution in [0.2, 0.25) is 0 Å². The first-order valence-corrected chi connectivity index (χ1v) is 3.88. The fourth-order valence-corrected chi connectivity index (χ4v) is 1.16. The Morgan fingerprint density at radius 2 is 2.08 bits per heavy atom. The summed E-state index contributed by atoms with van der Waals surface area (Å²) in [4.78, 5) is 7.99. The molecular formula is C9H11N3. The molecule has 0 amide bonds. The molecule has 0 fully saturated rings. The van der Waals surface area contributed by atoms with Crippen LogP contribution in [0.1, 0.15) is 36.7 Å². The Kier molecular flexibility index (Phi) is 2.39. The van der Waals surface area contributed by atoms with E-state index in [2.05, 4.69) is 23.8 Å². The van der Waals surface area contributed by atoms with Gasteiger partial charge in [-0.05, 0) is 12.8 Å². The highest BCUT2D eigenvalue weighted by Crippen LogP contribution is 2.16. The first-order valence-electron chi connectivity index (χ1n) is 3.88. The molecule has 0 aliphatic rings. The largest absolute Gasteiger partial charge is 0.241 e. The maximum atomic E-state index is 8.68. The number of hydrogen-bond donors (Lipinski definition) is 0. The van der Waals surface area contributed by atoms with Crippen LogP contribution in [0.15, 0.2) is 6.33 Å². The molecule has 1 heterocycles. The maximum absolute atomic E-state index is 8.68. The molecule has 0 saturated carbocycles. The molecule has 0 spiro atoms. The summed E-state index contributed by atoms with van der Waals surface area (Å²) >= 11 is 0. The normalized spacial score (nSPS) is 9.92. The first-order chi connectivity index (χ1) is 5.66. The first kappa shape index (κ1) is 8.66. The Labute approximate surface area is 72.1 Å². The number of nitrogens with zero attached hydrogens (tertiary/aromatic N) is 3. The van der Waals surface area contributed by atoms with Gasteiger partial charge < -0.3 is 0 Å². The number of nitriles is 1. The molecule has 0 aromatic carbocycles. The van der Waals surface area contributed by atoms with Gasteiger partial charge in [0.2, 0.25) is 0 Å². The fourth-order valence-electron chi connectivity index (χ4n) is 1.16. The van der Waals surface area contributed by atoms with E-state index < -0.39 is 0 Å². The summed E-state index contributed by atoms with van der Waals surface area (Å²) in [6.07, 6.45) is 1.45. The van der Waals surface area contributed by atoms with E-state index in [-0.39, 0.29) is 0 Å². The zero-order chi connectivity index (χ0) is 9.14. The van der Waals surface area contributed by atoms with Gasteiger partial charge in [0, 0.05) is 5.56 Å². The molecule has 0 saturated heterocycles. The summed E-state index contributed by atoms with van der Waals surface area (Å²) in [6, 6.07) is 2.04. The third-order valence-electron chi connectivity index (χ3n) is 1.78. The third-order valence-corrected chi connectivity index (χ3v) is 1.78. The summed E-state index contributed by atoms with van der Waals surface area (Å²) < 4.78 is 0. The fraction of sp³-hybridized carbons (Fsp3) is 0.444. The van der Waals surface area contributed by atoms with Crippen LogP contribution >= 0.6 is 0 Å². The summed E-state index contributed by atoms with van der Waals surface area (Å²) in [5.41, 5.74) is 2.34. The highest BCUT2D eigenvalue weighted by atomic mass is 14.8. The Morgan fingerprint density at radius 1 is 1.42 bits per heavy atom. The van der Waals surface area contributed by atoms with Crippen LogP contribution in [-0.4, -0.2) is 9.97 Å².